The van der Waals surface area contributed by atoms with Gasteiger partial charge in [-0.3, -0.25) is 4.90 Å². The molecule has 0 atom stereocenters. The lowest BCUT2D eigenvalue weighted by Gasteiger charge is -2.35. The van der Waals surface area contributed by atoms with Crippen molar-refractivity contribution in [2.24, 2.45) is 0 Å². The Kier molecular flexibility index (Phi) is 9.14. The molecule has 0 aliphatic carbocycles. The minimum atomic E-state index is -0.225. The first kappa shape index (κ1) is 24.9. The lowest BCUT2D eigenvalue weighted by atomic mass is 9.87. The molecule has 34 heavy (non-hydrogen) atoms. The van der Waals surface area contributed by atoms with Gasteiger partial charge < -0.3 is 4.90 Å². The molecule has 0 amide bonds. The summed E-state index contributed by atoms with van der Waals surface area (Å²) in [6.07, 6.45) is 2.02. The second-order valence-corrected chi connectivity index (χ2v) is 10.3. The normalized spacial score (nSPS) is 15.2. The van der Waals surface area contributed by atoms with E-state index in [1.807, 2.05) is 36.0 Å². The smallest absolute Gasteiger partial charge is 0.123 e. The summed E-state index contributed by atoms with van der Waals surface area (Å²) in [5, 5.41) is 0. The number of benzene rings is 3. The molecule has 0 unspecified atom stereocenters. The van der Waals surface area contributed by atoms with Gasteiger partial charge in [-0.05, 0) is 73.8 Å². The summed E-state index contributed by atoms with van der Waals surface area (Å²) in [7, 11) is 0. The van der Waals surface area contributed by atoms with Gasteiger partial charge in [0, 0.05) is 49.3 Å². The third kappa shape index (κ3) is 7.39. The monoisotopic (exact) mass is 480 g/mol. The van der Waals surface area contributed by atoms with Crippen molar-refractivity contribution in [3.8, 4) is 0 Å². The summed E-state index contributed by atoms with van der Waals surface area (Å²) in [5.41, 5.74) is 3.48. The number of rotatable bonds is 10. The maximum absolute atomic E-state index is 13.4. The molecule has 1 fully saturated rings. The number of aryl methyl sites for hydroxylation is 1. The van der Waals surface area contributed by atoms with Crippen molar-refractivity contribution >= 4 is 11.8 Å². The third-order valence-corrected chi connectivity index (χ3v) is 7.67. The zero-order valence-corrected chi connectivity index (χ0v) is 20.7. The minimum Gasteiger partial charge on any atom is -0.301 e. The van der Waals surface area contributed by atoms with Crippen LogP contribution in [0, 0.1) is 18.6 Å². The molecular formula is C29H34F2N2S. The lowest BCUT2D eigenvalue weighted by Crippen LogP contribution is -2.47. The number of hydrogen-bond acceptors (Lipinski definition) is 3. The van der Waals surface area contributed by atoms with Crippen LogP contribution in [-0.2, 0) is 0 Å². The highest BCUT2D eigenvalue weighted by molar-refractivity contribution is 7.99. The third-order valence-electron chi connectivity index (χ3n) is 6.67. The average Bonchev–Trinajstić information content (AvgIpc) is 2.85. The van der Waals surface area contributed by atoms with Crippen LogP contribution in [-0.4, -0.2) is 54.8 Å². The van der Waals surface area contributed by atoms with E-state index < -0.39 is 0 Å². The topological polar surface area (TPSA) is 6.48 Å². The van der Waals surface area contributed by atoms with E-state index in [0.29, 0.717) is 0 Å². The fourth-order valence-corrected chi connectivity index (χ4v) is 5.51. The summed E-state index contributed by atoms with van der Waals surface area (Å²) < 4.78 is 26.9. The summed E-state index contributed by atoms with van der Waals surface area (Å²) in [6, 6.07) is 22.3. The lowest BCUT2D eigenvalue weighted by molar-refractivity contribution is 0.136. The SMILES string of the molecule is Cc1ccc(SCCN2CCN(CCCC(c3ccc(F)cc3)c3ccc(F)cc3)CC2)cc1. The number of piperazine rings is 1. The first-order valence-corrected chi connectivity index (χ1v) is 13.2. The van der Waals surface area contributed by atoms with Gasteiger partial charge in [0.25, 0.3) is 0 Å². The molecule has 5 heteroatoms. The molecule has 0 saturated carbocycles. The molecule has 0 bridgehead atoms. The van der Waals surface area contributed by atoms with Gasteiger partial charge in [-0.25, -0.2) is 8.78 Å². The number of thioether (sulfide) groups is 1. The van der Waals surface area contributed by atoms with Crippen molar-refractivity contribution in [3.63, 3.8) is 0 Å². The Hall–Kier alpha value is -2.21. The maximum atomic E-state index is 13.4. The van der Waals surface area contributed by atoms with Crippen LogP contribution in [0.15, 0.2) is 77.7 Å². The predicted octanol–water partition coefficient (Wildman–Crippen LogP) is 6.60. The number of hydrogen-bond donors (Lipinski definition) is 0. The van der Waals surface area contributed by atoms with E-state index >= 15 is 0 Å². The molecule has 1 heterocycles. The zero-order chi connectivity index (χ0) is 23.8. The highest BCUT2D eigenvalue weighted by Gasteiger charge is 2.18. The van der Waals surface area contributed by atoms with E-state index in [0.717, 1.165) is 69.0 Å². The van der Waals surface area contributed by atoms with E-state index in [2.05, 4.69) is 41.0 Å². The van der Waals surface area contributed by atoms with Crippen LogP contribution in [0.2, 0.25) is 0 Å². The van der Waals surface area contributed by atoms with E-state index in [-0.39, 0.29) is 17.6 Å². The van der Waals surface area contributed by atoms with Crippen molar-refractivity contribution in [2.45, 2.75) is 30.6 Å². The highest BCUT2D eigenvalue weighted by Crippen LogP contribution is 2.30. The van der Waals surface area contributed by atoms with Crippen LogP contribution in [0.25, 0.3) is 0 Å². The standard InChI is InChI=1S/C29H34F2N2S/c1-23-4-14-28(15-5-23)34-22-21-33-19-17-32(18-20-33)16-2-3-29(24-6-10-26(30)11-7-24)25-8-12-27(31)13-9-25/h4-15,29H,2-3,16-22H2,1H3. The van der Waals surface area contributed by atoms with E-state index in [4.69, 9.17) is 0 Å². The fourth-order valence-electron chi connectivity index (χ4n) is 4.60. The highest BCUT2D eigenvalue weighted by atomic mass is 32.2. The van der Waals surface area contributed by atoms with Gasteiger partial charge in [-0.1, -0.05) is 42.0 Å². The summed E-state index contributed by atoms with van der Waals surface area (Å²) in [4.78, 5) is 6.47. The van der Waals surface area contributed by atoms with Crippen LogP contribution in [0.3, 0.4) is 0 Å². The molecule has 0 N–H and O–H groups in total. The first-order valence-electron chi connectivity index (χ1n) is 12.2. The molecule has 1 aliphatic heterocycles. The van der Waals surface area contributed by atoms with Crippen LogP contribution < -0.4 is 0 Å². The molecule has 3 aromatic carbocycles. The molecule has 4 rings (SSSR count). The Bertz CT molecular complexity index is 952. The summed E-state index contributed by atoms with van der Waals surface area (Å²) in [6.45, 7) is 8.76. The van der Waals surface area contributed by atoms with Gasteiger partial charge in [-0.2, -0.15) is 0 Å². The number of nitrogens with zero attached hydrogens (tertiary/aromatic N) is 2. The zero-order valence-electron chi connectivity index (χ0n) is 19.9. The van der Waals surface area contributed by atoms with Gasteiger partial charge in [0.15, 0.2) is 0 Å². The maximum Gasteiger partial charge on any atom is 0.123 e. The Labute approximate surface area is 207 Å². The summed E-state index contributed by atoms with van der Waals surface area (Å²) >= 11 is 1.94. The van der Waals surface area contributed by atoms with Crippen LogP contribution in [0.4, 0.5) is 8.78 Å². The predicted molar refractivity (Wildman–Crippen MR) is 139 cm³/mol. The van der Waals surface area contributed by atoms with Crippen LogP contribution >= 0.6 is 11.8 Å². The van der Waals surface area contributed by atoms with Gasteiger partial charge in [0.1, 0.15) is 11.6 Å². The van der Waals surface area contributed by atoms with E-state index in [1.165, 1.54) is 34.7 Å². The molecule has 1 aliphatic rings. The molecule has 0 aromatic heterocycles. The van der Waals surface area contributed by atoms with Crippen molar-refractivity contribution in [1.82, 2.24) is 9.80 Å². The first-order chi connectivity index (χ1) is 16.6. The largest absolute Gasteiger partial charge is 0.301 e. The van der Waals surface area contributed by atoms with Crippen LogP contribution in [0.5, 0.6) is 0 Å². The Morgan fingerprint density at radius 3 is 1.74 bits per heavy atom. The van der Waals surface area contributed by atoms with Crippen molar-refractivity contribution in [2.75, 3.05) is 45.0 Å². The Morgan fingerprint density at radius 2 is 1.21 bits per heavy atom. The van der Waals surface area contributed by atoms with Crippen LogP contribution in [0.1, 0.15) is 35.4 Å². The molecule has 0 radical (unpaired) electrons. The van der Waals surface area contributed by atoms with E-state index in [9.17, 15) is 8.78 Å². The Balaban J connectivity index is 1.21. The molecule has 3 aromatic rings. The second kappa shape index (κ2) is 12.5. The molecular weight excluding hydrogens is 446 g/mol. The van der Waals surface area contributed by atoms with Gasteiger partial charge in [0.05, 0.1) is 0 Å². The molecule has 180 valence electrons. The molecule has 2 nitrogen and oxygen atoms in total. The second-order valence-electron chi connectivity index (χ2n) is 9.14. The fraction of sp³-hybridized carbons (Fsp3) is 0.379. The molecule has 0 spiro atoms. The quantitative estimate of drug-likeness (QED) is 0.302. The van der Waals surface area contributed by atoms with Crippen molar-refractivity contribution in [3.05, 3.63) is 101 Å². The van der Waals surface area contributed by atoms with Crippen molar-refractivity contribution in [1.29, 1.82) is 0 Å². The summed E-state index contributed by atoms with van der Waals surface area (Å²) in [5.74, 6) is 0.829. The van der Waals surface area contributed by atoms with Gasteiger partial charge in [-0.15, -0.1) is 11.8 Å². The van der Waals surface area contributed by atoms with Gasteiger partial charge >= 0.3 is 0 Å². The van der Waals surface area contributed by atoms with Gasteiger partial charge in [0.2, 0.25) is 0 Å². The van der Waals surface area contributed by atoms with E-state index in [1.54, 1.807) is 0 Å². The average molecular weight is 481 g/mol. The molecule has 1 saturated heterocycles. The minimum absolute atomic E-state index is 0.154. The Morgan fingerprint density at radius 1 is 0.706 bits per heavy atom. The number of halogens is 2. The van der Waals surface area contributed by atoms with Crippen molar-refractivity contribution < 1.29 is 8.78 Å².